The molecule has 35 heavy (non-hydrogen) atoms. The summed E-state index contributed by atoms with van der Waals surface area (Å²) < 4.78 is 6.49. The maximum absolute atomic E-state index is 13.2. The van der Waals surface area contributed by atoms with Crippen LogP contribution in [0.25, 0.3) is 22.2 Å². The topological polar surface area (TPSA) is 84.5 Å². The van der Waals surface area contributed by atoms with Gasteiger partial charge in [-0.2, -0.15) is 5.10 Å². The summed E-state index contributed by atoms with van der Waals surface area (Å²) in [6.07, 6.45) is 0. The van der Waals surface area contributed by atoms with Crippen LogP contribution in [-0.2, 0) is 11.3 Å². The number of carbonyl (C=O) groups excluding carboxylic acids is 1. The van der Waals surface area contributed by atoms with Crippen LogP contribution >= 0.6 is 11.6 Å². The van der Waals surface area contributed by atoms with Crippen LogP contribution in [0.5, 0.6) is 0 Å². The Hall–Kier alpha value is -3.65. The lowest BCUT2D eigenvalue weighted by molar-refractivity contribution is -0.132. The second-order valence-corrected chi connectivity index (χ2v) is 9.37. The third-order valence-corrected chi connectivity index (χ3v) is 6.75. The molecular formula is C26H26ClN5O3. The quantitative estimate of drug-likeness (QED) is 0.429. The number of nitrogens with zero attached hydrogens (tertiary/aromatic N) is 5. The maximum Gasteiger partial charge on any atom is 0.297 e. The number of hydrogen-bond acceptors (Lipinski definition) is 6. The van der Waals surface area contributed by atoms with Crippen LogP contribution in [0.1, 0.15) is 16.9 Å². The molecule has 0 atom stereocenters. The summed E-state index contributed by atoms with van der Waals surface area (Å²) in [7, 11) is 0. The Morgan fingerprint density at radius 2 is 1.74 bits per heavy atom. The van der Waals surface area contributed by atoms with Gasteiger partial charge in [-0.15, -0.1) is 0 Å². The first-order valence-corrected chi connectivity index (χ1v) is 11.9. The molecule has 0 aliphatic carbocycles. The third-order valence-electron chi connectivity index (χ3n) is 6.50. The zero-order chi connectivity index (χ0) is 24.7. The molecule has 4 aromatic rings. The Balaban J connectivity index is 1.38. The van der Waals surface area contributed by atoms with Gasteiger partial charge in [0, 0.05) is 42.5 Å². The fourth-order valence-electron chi connectivity index (χ4n) is 4.54. The highest BCUT2D eigenvalue weighted by atomic mass is 35.5. The van der Waals surface area contributed by atoms with Gasteiger partial charge in [-0.05, 0) is 50.1 Å². The second kappa shape index (κ2) is 9.19. The first-order chi connectivity index (χ1) is 16.8. The standard InChI is InChI=1S/C26H26ClN5O3/c1-16-4-5-17(2)21(14-16)30-10-12-31(13-11-30)22(33)15-32-26(34)25-23(18(3)35-29-25)24(28-32)19-6-8-20(27)9-7-19/h4-9,14H,10-13,15H2,1-3H3. The van der Waals surface area contributed by atoms with Crippen LogP contribution in [-0.4, -0.2) is 51.9 Å². The van der Waals surface area contributed by atoms with E-state index in [4.69, 9.17) is 16.1 Å². The molecule has 180 valence electrons. The van der Waals surface area contributed by atoms with Gasteiger partial charge in [0.15, 0.2) is 5.52 Å². The molecule has 3 heterocycles. The van der Waals surface area contributed by atoms with Gasteiger partial charge in [0.1, 0.15) is 18.0 Å². The maximum atomic E-state index is 13.2. The van der Waals surface area contributed by atoms with E-state index in [1.165, 1.54) is 21.5 Å². The van der Waals surface area contributed by atoms with Crippen molar-refractivity contribution in [2.24, 2.45) is 0 Å². The Morgan fingerprint density at radius 3 is 2.46 bits per heavy atom. The number of hydrogen-bond donors (Lipinski definition) is 0. The molecule has 5 rings (SSSR count). The number of piperazine rings is 1. The largest absolute Gasteiger partial charge is 0.368 e. The first kappa shape index (κ1) is 23.1. The lowest BCUT2D eigenvalue weighted by Gasteiger charge is -2.37. The van der Waals surface area contributed by atoms with Crippen molar-refractivity contribution in [3.05, 3.63) is 74.7 Å². The highest BCUT2D eigenvalue weighted by Crippen LogP contribution is 2.28. The minimum absolute atomic E-state index is 0.151. The van der Waals surface area contributed by atoms with E-state index in [1.807, 2.05) is 12.1 Å². The Kier molecular flexibility index (Phi) is 6.06. The van der Waals surface area contributed by atoms with Crippen molar-refractivity contribution in [3.63, 3.8) is 0 Å². The number of carbonyl (C=O) groups is 1. The van der Waals surface area contributed by atoms with E-state index in [-0.39, 0.29) is 18.0 Å². The van der Waals surface area contributed by atoms with E-state index < -0.39 is 5.56 Å². The van der Waals surface area contributed by atoms with Gasteiger partial charge in [-0.3, -0.25) is 9.59 Å². The van der Waals surface area contributed by atoms with Crippen LogP contribution in [0.2, 0.25) is 5.02 Å². The van der Waals surface area contributed by atoms with E-state index in [2.05, 4.69) is 47.2 Å². The zero-order valence-corrected chi connectivity index (χ0v) is 20.7. The molecule has 2 aromatic heterocycles. The number of amides is 1. The Morgan fingerprint density at radius 1 is 1.03 bits per heavy atom. The monoisotopic (exact) mass is 491 g/mol. The van der Waals surface area contributed by atoms with E-state index in [0.29, 0.717) is 35.0 Å². The van der Waals surface area contributed by atoms with Gasteiger partial charge in [0.05, 0.1) is 5.39 Å². The van der Waals surface area contributed by atoms with E-state index in [9.17, 15) is 9.59 Å². The van der Waals surface area contributed by atoms with Crippen LogP contribution < -0.4 is 10.5 Å². The van der Waals surface area contributed by atoms with Crippen LogP contribution in [0.15, 0.2) is 51.8 Å². The second-order valence-electron chi connectivity index (χ2n) is 8.94. The summed E-state index contributed by atoms with van der Waals surface area (Å²) in [6.45, 7) is 8.38. The number of fused-ring (bicyclic) bond motifs is 1. The molecule has 1 amide bonds. The minimum atomic E-state index is -0.447. The van der Waals surface area contributed by atoms with Crippen molar-refractivity contribution in [2.45, 2.75) is 27.3 Å². The molecule has 1 fully saturated rings. The summed E-state index contributed by atoms with van der Waals surface area (Å²) in [5, 5.41) is 9.65. The number of aromatic nitrogens is 3. The molecule has 2 aromatic carbocycles. The van der Waals surface area contributed by atoms with Gasteiger partial charge in [-0.1, -0.05) is 41.0 Å². The van der Waals surface area contributed by atoms with Crippen molar-refractivity contribution in [1.29, 1.82) is 0 Å². The van der Waals surface area contributed by atoms with Gasteiger partial charge in [0.25, 0.3) is 5.56 Å². The molecule has 0 unspecified atom stereocenters. The van der Waals surface area contributed by atoms with Crippen LogP contribution in [0.4, 0.5) is 5.69 Å². The summed E-state index contributed by atoms with van der Waals surface area (Å²) >= 11 is 6.04. The molecule has 0 radical (unpaired) electrons. The Labute approximate surface area is 207 Å². The average molecular weight is 492 g/mol. The summed E-state index contributed by atoms with van der Waals surface area (Å²) in [5.74, 6) is 0.345. The van der Waals surface area contributed by atoms with Gasteiger partial charge >= 0.3 is 0 Å². The minimum Gasteiger partial charge on any atom is -0.368 e. The number of anilines is 1. The third kappa shape index (κ3) is 4.41. The van der Waals surface area contributed by atoms with Crippen molar-refractivity contribution in [3.8, 4) is 11.3 Å². The summed E-state index contributed by atoms with van der Waals surface area (Å²) in [6, 6.07) is 13.6. The van der Waals surface area contributed by atoms with Crippen LogP contribution in [0, 0.1) is 20.8 Å². The summed E-state index contributed by atoms with van der Waals surface area (Å²) in [4.78, 5) is 30.3. The number of aryl methyl sites for hydroxylation is 3. The molecule has 1 aliphatic heterocycles. The van der Waals surface area contributed by atoms with Crippen molar-refractivity contribution in [1.82, 2.24) is 19.8 Å². The fourth-order valence-corrected chi connectivity index (χ4v) is 4.66. The number of halogens is 1. The van der Waals surface area contributed by atoms with E-state index in [1.54, 1.807) is 24.0 Å². The SMILES string of the molecule is Cc1ccc(C)c(N2CCN(C(=O)Cn3nc(-c4ccc(Cl)cc4)c4c(C)onc4c3=O)CC2)c1. The van der Waals surface area contributed by atoms with Crippen molar-refractivity contribution < 1.29 is 9.32 Å². The van der Waals surface area contributed by atoms with Gasteiger partial charge in [0.2, 0.25) is 5.91 Å². The number of benzene rings is 2. The molecular weight excluding hydrogens is 466 g/mol. The molecule has 1 aliphatic rings. The van der Waals surface area contributed by atoms with E-state index >= 15 is 0 Å². The molecule has 1 saturated heterocycles. The predicted octanol–water partition coefficient (Wildman–Crippen LogP) is 3.98. The molecule has 0 N–H and O–H groups in total. The Bertz CT molecular complexity index is 1470. The molecule has 8 nitrogen and oxygen atoms in total. The molecule has 0 saturated carbocycles. The highest BCUT2D eigenvalue weighted by molar-refractivity contribution is 6.30. The molecule has 0 bridgehead atoms. The lowest BCUT2D eigenvalue weighted by atomic mass is 10.1. The number of rotatable bonds is 4. The van der Waals surface area contributed by atoms with E-state index in [0.717, 1.165) is 18.7 Å². The predicted molar refractivity (Wildman–Crippen MR) is 136 cm³/mol. The fraction of sp³-hybridized carbons (Fsp3) is 0.308. The smallest absolute Gasteiger partial charge is 0.297 e. The highest BCUT2D eigenvalue weighted by Gasteiger charge is 2.25. The van der Waals surface area contributed by atoms with Crippen molar-refractivity contribution >= 4 is 34.1 Å². The zero-order valence-electron chi connectivity index (χ0n) is 19.9. The molecule has 9 heteroatoms. The normalized spacial score (nSPS) is 14.1. The first-order valence-electron chi connectivity index (χ1n) is 11.5. The van der Waals surface area contributed by atoms with Crippen LogP contribution in [0.3, 0.4) is 0 Å². The lowest BCUT2D eigenvalue weighted by Crippen LogP contribution is -2.50. The summed E-state index contributed by atoms with van der Waals surface area (Å²) in [5.41, 5.74) is 4.64. The molecule has 0 spiro atoms. The van der Waals surface area contributed by atoms with Gasteiger partial charge < -0.3 is 14.3 Å². The van der Waals surface area contributed by atoms with Gasteiger partial charge in [-0.25, -0.2) is 4.68 Å². The van der Waals surface area contributed by atoms with Crippen molar-refractivity contribution in [2.75, 3.05) is 31.1 Å². The average Bonchev–Trinajstić information content (AvgIpc) is 3.25.